The maximum atomic E-state index is 5.92. The van der Waals surface area contributed by atoms with Gasteiger partial charge in [-0.15, -0.1) is 0 Å². The predicted molar refractivity (Wildman–Crippen MR) is 133 cm³/mol. The van der Waals surface area contributed by atoms with Gasteiger partial charge in [0.15, 0.2) is 0 Å². The molecule has 0 aliphatic carbocycles. The van der Waals surface area contributed by atoms with Crippen molar-refractivity contribution in [1.29, 1.82) is 0 Å². The second-order valence-electron chi connectivity index (χ2n) is 8.52. The molecule has 1 aliphatic heterocycles. The molecule has 0 bridgehead atoms. The van der Waals surface area contributed by atoms with Gasteiger partial charge in [0, 0.05) is 34.9 Å². The van der Waals surface area contributed by atoms with Crippen molar-refractivity contribution in [2.45, 2.75) is 25.7 Å². The summed E-state index contributed by atoms with van der Waals surface area (Å²) in [7, 11) is 0. The van der Waals surface area contributed by atoms with Gasteiger partial charge in [0.2, 0.25) is 5.95 Å². The monoisotopic (exact) mass is 426 g/mol. The summed E-state index contributed by atoms with van der Waals surface area (Å²) >= 11 is 0. The van der Waals surface area contributed by atoms with E-state index in [1.54, 1.807) is 0 Å². The third kappa shape index (κ3) is 4.60. The summed E-state index contributed by atoms with van der Waals surface area (Å²) in [6.45, 7) is 4.44. The highest BCUT2D eigenvalue weighted by molar-refractivity contribution is 5.87. The zero-order chi connectivity index (χ0) is 21.8. The lowest BCUT2D eigenvalue weighted by Gasteiger charge is -2.26. The van der Waals surface area contributed by atoms with E-state index in [0.717, 1.165) is 53.2 Å². The number of nitrogens with two attached hydrogens (primary N) is 1. The van der Waals surface area contributed by atoms with Crippen molar-refractivity contribution in [2.24, 2.45) is 0 Å². The molecule has 0 radical (unpaired) electrons. The van der Waals surface area contributed by atoms with E-state index in [2.05, 4.69) is 73.7 Å². The molecule has 6 nitrogen and oxygen atoms in total. The quantitative estimate of drug-likeness (QED) is 0.356. The number of nitrogens with one attached hydrogen (secondary N) is 2. The van der Waals surface area contributed by atoms with Crippen LogP contribution in [0.2, 0.25) is 0 Å². The number of para-hydroxylation sites is 1. The summed E-state index contributed by atoms with van der Waals surface area (Å²) in [4.78, 5) is 14.8. The fourth-order valence-corrected chi connectivity index (χ4v) is 4.52. The second kappa shape index (κ2) is 9.40. The minimum atomic E-state index is 0.291. The van der Waals surface area contributed by atoms with Crippen LogP contribution in [0.5, 0.6) is 0 Å². The van der Waals surface area contributed by atoms with E-state index in [0.29, 0.717) is 5.95 Å². The van der Waals surface area contributed by atoms with Crippen LogP contribution in [0.3, 0.4) is 0 Å². The van der Waals surface area contributed by atoms with Crippen molar-refractivity contribution in [1.82, 2.24) is 19.9 Å². The maximum Gasteiger partial charge on any atom is 0.221 e. The van der Waals surface area contributed by atoms with Gasteiger partial charge in [0.05, 0.1) is 0 Å². The number of aromatic nitrogens is 3. The minimum Gasteiger partial charge on any atom is -0.369 e. The van der Waals surface area contributed by atoms with E-state index in [1.807, 2.05) is 12.3 Å². The molecular weight excluding hydrogens is 396 g/mol. The molecule has 1 fully saturated rings. The summed E-state index contributed by atoms with van der Waals surface area (Å²) in [6.07, 6.45) is 6.92. The van der Waals surface area contributed by atoms with Crippen LogP contribution in [0.1, 0.15) is 25.7 Å². The van der Waals surface area contributed by atoms with Gasteiger partial charge in [-0.05, 0) is 68.2 Å². The first kappa shape index (κ1) is 20.5. The number of nitrogen functional groups attached to an aromatic ring is 1. The van der Waals surface area contributed by atoms with Crippen LogP contribution >= 0.6 is 0 Å². The fourth-order valence-electron chi connectivity index (χ4n) is 4.52. The SMILES string of the molecule is Nc1ncc(-c2cccc(-c3cc4ccccc4[nH]3)c2)c(NCCCN2CCCCC2)n1. The van der Waals surface area contributed by atoms with Crippen molar-refractivity contribution < 1.29 is 0 Å². The summed E-state index contributed by atoms with van der Waals surface area (Å²) < 4.78 is 0. The van der Waals surface area contributed by atoms with Crippen LogP contribution in [0, 0.1) is 0 Å². The fraction of sp³-hybridized carbons (Fsp3) is 0.308. The summed E-state index contributed by atoms with van der Waals surface area (Å²) in [5.74, 6) is 1.09. The van der Waals surface area contributed by atoms with E-state index < -0.39 is 0 Å². The molecule has 6 heteroatoms. The normalized spacial score (nSPS) is 14.6. The largest absolute Gasteiger partial charge is 0.369 e. The molecule has 0 amide bonds. The number of aromatic amines is 1. The van der Waals surface area contributed by atoms with Crippen molar-refractivity contribution in [3.05, 3.63) is 60.8 Å². The third-order valence-electron chi connectivity index (χ3n) is 6.21. The molecule has 1 aliphatic rings. The Morgan fingerprint density at radius 2 is 1.81 bits per heavy atom. The summed E-state index contributed by atoms with van der Waals surface area (Å²) in [5, 5.41) is 4.72. The van der Waals surface area contributed by atoms with Gasteiger partial charge in [-0.25, -0.2) is 4.98 Å². The zero-order valence-corrected chi connectivity index (χ0v) is 18.3. The average Bonchev–Trinajstić information content (AvgIpc) is 3.27. The molecule has 0 saturated carbocycles. The Kier molecular flexibility index (Phi) is 6.03. The first-order chi connectivity index (χ1) is 15.8. The van der Waals surface area contributed by atoms with Crippen molar-refractivity contribution in [3.8, 4) is 22.4 Å². The number of hydrogen-bond donors (Lipinski definition) is 3. The van der Waals surface area contributed by atoms with E-state index in [4.69, 9.17) is 5.73 Å². The Hall–Kier alpha value is -3.38. The van der Waals surface area contributed by atoms with Crippen LogP contribution in [0.25, 0.3) is 33.3 Å². The molecule has 3 heterocycles. The van der Waals surface area contributed by atoms with Crippen LogP contribution in [-0.2, 0) is 0 Å². The Bertz CT molecular complexity index is 1160. The number of likely N-dealkylation sites (tertiary alicyclic amines) is 1. The van der Waals surface area contributed by atoms with E-state index in [1.165, 1.54) is 37.7 Å². The number of anilines is 2. The van der Waals surface area contributed by atoms with Crippen LogP contribution in [0.15, 0.2) is 60.8 Å². The number of rotatable bonds is 7. The summed E-state index contributed by atoms with van der Waals surface area (Å²) in [6, 6.07) is 19.0. The molecular formula is C26H30N6. The number of nitrogens with zero attached hydrogens (tertiary/aromatic N) is 3. The molecule has 0 unspecified atom stereocenters. The highest BCUT2D eigenvalue weighted by Crippen LogP contribution is 2.31. The van der Waals surface area contributed by atoms with Crippen molar-refractivity contribution in [2.75, 3.05) is 37.2 Å². The average molecular weight is 427 g/mol. The molecule has 1 saturated heterocycles. The molecule has 164 valence electrons. The van der Waals surface area contributed by atoms with E-state index in [-0.39, 0.29) is 0 Å². The van der Waals surface area contributed by atoms with Gasteiger partial charge >= 0.3 is 0 Å². The molecule has 2 aromatic heterocycles. The van der Waals surface area contributed by atoms with Gasteiger partial charge < -0.3 is 20.9 Å². The molecule has 32 heavy (non-hydrogen) atoms. The Morgan fingerprint density at radius 3 is 2.69 bits per heavy atom. The lowest BCUT2D eigenvalue weighted by Crippen LogP contribution is -2.31. The Morgan fingerprint density at radius 1 is 0.969 bits per heavy atom. The van der Waals surface area contributed by atoms with Crippen LogP contribution in [-0.4, -0.2) is 46.0 Å². The first-order valence-corrected chi connectivity index (χ1v) is 11.5. The molecule has 5 rings (SSSR count). The predicted octanol–water partition coefficient (Wildman–Crippen LogP) is 5.16. The molecule has 4 N–H and O–H groups in total. The highest BCUT2D eigenvalue weighted by atomic mass is 15.1. The van der Waals surface area contributed by atoms with Crippen molar-refractivity contribution in [3.63, 3.8) is 0 Å². The number of hydrogen-bond acceptors (Lipinski definition) is 5. The lowest BCUT2D eigenvalue weighted by atomic mass is 10.0. The van der Waals surface area contributed by atoms with E-state index >= 15 is 0 Å². The Labute approximate surface area is 188 Å². The Balaban J connectivity index is 1.34. The molecule has 0 spiro atoms. The van der Waals surface area contributed by atoms with Crippen LogP contribution < -0.4 is 11.1 Å². The highest BCUT2D eigenvalue weighted by Gasteiger charge is 2.12. The number of piperidine rings is 1. The number of H-pyrrole nitrogens is 1. The topological polar surface area (TPSA) is 82.9 Å². The van der Waals surface area contributed by atoms with Gasteiger partial charge in [0.25, 0.3) is 0 Å². The zero-order valence-electron chi connectivity index (χ0n) is 18.3. The number of benzene rings is 2. The number of fused-ring (bicyclic) bond motifs is 1. The minimum absolute atomic E-state index is 0.291. The second-order valence-corrected chi connectivity index (χ2v) is 8.52. The maximum absolute atomic E-state index is 5.92. The van der Waals surface area contributed by atoms with E-state index in [9.17, 15) is 0 Å². The first-order valence-electron chi connectivity index (χ1n) is 11.5. The van der Waals surface area contributed by atoms with Gasteiger partial charge in [0.1, 0.15) is 5.82 Å². The molecule has 4 aromatic rings. The van der Waals surface area contributed by atoms with Gasteiger partial charge in [-0.2, -0.15) is 4.98 Å². The smallest absolute Gasteiger partial charge is 0.221 e. The van der Waals surface area contributed by atoms with Crippen LogP contribution in [0.4, 0.5) is 11.8 Å². The third-order valence-corrected chi connectivity index (χ3v) is 6.21. The van der Waals surface area contributed by atoms with Crippen molar-refractivity contribution >= 4 is 22.7 Å². The van der Waals surface area contributed by atoms with Gasteiger partial charge in [-0.1, -0.05) is 42.8 Å². The van der Waals surface area contributed by atoms with Gasteiger partial charge in [-0.3, -0.25) is 0 Å². The molecule has 0 atom stereocenters. The standard InChI is InChI=1S/C26H30N6/c27-26-29-18-22(25(31-26)28-12-7-15-32-13-4-1-5-14-32)19-9-6-10-20(16-19)24-17-21-8-2-3-11-23(21)30-24/h2-3,6,8-11,16-18,30H,1,4-5,7,12-15H2,(H3,27,28,29,31). The lowest BCUT2D eigenvalue weighted by molar-refractivity contribution is 0.228. The summed E-state index contributed by atoms with van der Waals surface area (Å²) in [5.41, 5.74) is 11.3. The molecule has 2 aromatic carbocycles.